The predicted octanol–water partition coefficient (Wildman–Crippen LogP) is 3.67. The minimum Gasteiger partial charge on any atom is -0.369 e. The first-order chi connectivity index (χ1) is 6.84. The maximum atomic E-state index is 5.58. The smallest absolute Gasteiger partial charge is 0.140 e. The largest absolute Gasteiger partial charge is 0.369 e. The zero-order chi connectivity index (χ0) is 10.2. The molecule has 0 aliphatic carbocycles. The minimum absolute atomic E-state index is 0.757. The van der Waals surface area contributed by atoms with E-state index in [0.29, 0.717) is 0 Å². The molecule has 0 aliphatic heterocycles. The molecule has 0 aromatic carbocycles. The van der Waals surface area contributed by atoms with Crippen LogP contribution in [-0.2, 0) is 0 Å². The van der Waals surface area contributed by atoms with Crippen LogP contribution < -0.4 is 5.32 Å². The summed E-state index contributed by atoms with van der Waals surface area (Å²) in [6.07, 6.45) is 5.18. The van der Waals surface area contributed by atoms with E-state index in [1.807, 2.05) is 12.1 Å². The first-order valence-corrected chi connectivity index (χ1v) is 6.07. The molecular formula is C10H14BrClN2. The van der Waals surface area contributed by atoms with Crippen LogP contribution in [0.15, 0.2) is 22.8 Å². The average molecular weight is 278 g/mol. The zero-order valence-corrected chi connectivity index (χ0v) is 10.3. The van der Waals surface area contributed by atoms with Crippen LogP contribution in [0.4, 0.5) is 5.82 Å². The summed E-state index contributed by atoms with van der Waals surface area (Å²) < 4.78 is 1.01. The highest BCUT2D eigenvalue weighted by Crippen LogP contribution is 2.18. The number of unbranched alkanes of at least 4 members (excludes halogenated alkanes) is 2. The van der Waals surface area contributed by atoms with E-state index in [1.165, 1.54) is 6.42 Å². The molecule has 0 saturated heterocycles. The van der Waals surface area contributed by atoms with Gasteiger partial charge in [0, 0.05) is 18.6 Å². The second-order valence-corrected chi connectivity index (χ2v) is 4.24. The number of hydrogen-bond donors (Lipinski definition) is 1. The van der Waals surface area contributed by atoms with Crippen LogP contribution in [0.2, 0.25) is 0 Å². The van der Waals surface area contributed by atoms with Crippen molar-refractivity contribution in [3.63, 3.8) is 0 Å². The molecule has 1 aromatic heterocycles. The van der Waals surface area contributed by atoms with Crippen molar-refractivity contribution in [1.29, 1.82) is 0 Å². The van der Waals surface area contributed by atoms with Gasteiger partial charge in [-0.1, -0.05) is 6.42 Å². The number of hydrogen-bond acceptors (Lipinski definition) is 2. The van der Waals surface area contributed by atoms with E-state index in [9.17, 15) is 0 Å². The number of nitrogens with zero attached hydrogens (tertiary/aromatic N) is 1. The molecular weight excluding hydrogens is 263 g/mol. The highest BCUT2D eigenvalue weighted by Gasteiger charge is 1.97. The van der Waals surface area contributed by atoms with Crippen LogP contribution in [0.25, 0.3) is 0 Å². The van der Waals surface area contributed by atoms with Crippen molar-refractivity contribution >= 4 is 33.3 Å². The molecule has 1 rings (SSSR count). The predicted molar refractivity (Wildman–Crippen MR) is 65.0 cm³/mol. The molecule has 0 amide bonds. The van der Waals surface area contributed by atoms with Crippen LogP contribution >= 0.6 is 27.5 Å². The van der Waals surface area contributed by atoms with Crippen LogP contribution in [0.5, 0.6) is 0 Å². The summed E-state index contributed by atoms with van der Waals surface area (Å²) in [6, 6.07) is 3.89. The average Bonchev–Trinajstić information content (AvgIpc) is 2.20. The lowest BCUT2D eigenvalue weighted by Crippen LogP contribution is -2.03. The molecule has 0 aliphatic rings. The molecule has 1 aromatic rings. The Hall–Kier alpha value is -0.280. The second-order valence-electron chi connectivity index (χ2n) is 3.01. The fourth-order valence-electron chi connectivity index (χ4n) is 1.12. The Kier molecular flexibility index (Phi) is 5.96. The monoisotopic (exact) mass is 276 g/mol. The van der Waals surface area contributed by atoms with E-state index in [-0.39, 0.29) is 0 Å². The number of anilines is 1. The summed E-state index contributed by atoms with van der Waals surface area (Å²) in [4.78, 5) is 4.21. The van der Waals surface area contributed by atoms with Crippen LogP contribution in [0, 0.1) is 0 Å². The second kappa shape index (κ2) is 7.07. The Labute approximate surface area is 98.2 Å². The molecule has 0 fully saturated rings. The van der Waals surface area contributed by atoms with E-state index in [0.717, 1.165) is 35.6 Å². The summed E-state index contributed by atoms with van der Waals surface area (Å²) >= 11 is 9.02. The van der Waals surface area contributed by atoms with Crippen molar-refractivity contribution in [3.8, 4) is 0 Å². The number of aromatic nitrogens is 1. The van der Waals surface area contributed by atoms with Crippen molar-refractivity contribution in [2.45, 2.75) is 19.3 Å². The van der Waals surface area contributed by atoms with Crippen molar-refractivity contribution in [2.24, 2.45) is 0 Å². The first-order valence-electron chi connectivity index (χ1n) is 4.75. The number of alkyl halides is 1. The maximum absolute atomic E-state index is 5.58. The van der Waals surface area contributed by atoms with Gasteiger partial charge in [-0.05, 0) is 40.9 Å². The Morgan fingerprint density at radius 1 is 1.36 bits per heavy atom. The fourth-order valence-corrected chi connectivity index (χ4v) is 1.70. The number of rotatable bonds is 6. The summed E-state index contributed by atoms with van der Waals surface area (Å²) in [7, 11) is 0. The highest BCUT2D eigenvalue weighted by molar-refractivity contribution is 9.10. The van der Waals surface area contributed by atoms with E-state index < -0.39 is 0 Å². The summed E-state index contributed by atoms with van der Waals surface area (Å²) in [5.41, 5.74) is 0. The third-order valence-electron chi connectivity index (χ3n) is 1.86. The van der Waals surface area contributed by atoms with Gasteiger partial charge in [-0.15, -0.1) is 11.6 Å². The van der Waals surface area contributed by atoms with E-state index in [1.54, 1.807) is 6.20 Å². The van der Waals surface area contributed by atoms with Gasteiger partial charge >= 0.3 is 0 Å². The molecule has 1 N–H and O–H groups in total. The molecule has 14 heavy (non-hydrogen) atoms. The van der Waals surface area contributed by atoms with Gasteiger partial charge in [0.25, 0.3) is 0 Å². The molecule has 78 valence electrons. The van der Waals surface area contributed by atoms with Gasteiger partial charge in [0.1, 0.15) is 5.82 Å². The topological polar surface area (TPSA) is 24.9 Å². The van der Waals surface area contributed by atoms with E-state index >= 15 is 0 Å². The molecule has 4 heteroatoms. The van der Waals surface area contributed by atoms with E-state index in [2.05, 4.69) is 26.2 Å². The molecule has 0 atom stereocenters. The van der Waals surface area contributed by atoms with Gasteiger partial charge in [-0.2, -0.15) is 0 Å². The molecule has 0 unspecified atom stereocenters. The number of nitrogens with one attached hydrogen (secondary N) is 1. The van der Waals surface area contributed by atoms with Gasteiger partial charge in [0.15, 0.2) is 0 Å². The van der Waals surface area contributed by atoms with Gasteiger partial charge in [-0.25, -0.2) is 4.98 Å². The normalized spacial score (nSPS) is 10.1. The number of halogens is 2. The standard InChI is InChI=1S/C10H14BrClN2/c11-9-5-4-8-14-10(9)13-7-3-1-2-6-12/h4-5,8H,1-3,6-7H2,(H,13,14). The zero-order valence-electron chi connectivity index (χ0n) is 7.97. The van der Waals surface area contributed by atoms with E-state index in [4.69, 9.17) is 11.6 Å². The van der Waals surface area contributed by atoms with Crippen molar-refractivity contribution in [1.82, 2.24) is 4.98 Å². The Bertz CT molecular complexity index is 268. The van der Waals surface area contributed by atoms with Gasteiger partial charge < -0.3 is 5.32 Å². The Morgan fingerprint density at radius 2 is 2.21 bits per heavy atom. The molecule has 2 nitrogen and oxygen atoms in total. The summed E-state index contributed by atoms with van der Waals surface area (Å²) in [5, 5.41) is 3.27. The summed E-state index contributed by atoms with van der Waals surface area (Å²) in [6.45, 7) is 0.951. The van der Waals surface area contributed by atoms with Gasteiger partial charge in [0.05, 0.1) is 4.47 Å². The molecule has 0 saturated carbocycles. The molecule has 0 radical (unpaired) electrons. The lowest BCUT2D eigenvalue weighted by atomic mass is 10.2. The van der Waals surface area contributed by atoms with Gasteiger partial charge in [0.2, 0.25) is 0 Å². The highest BCUT2D eigenvalue weighted by atomic mass is 79.9. The maximum Gasteiger partial charge on any atom is 0.140 e. The Balaban J connectivity index is 2.21. The number of pyridine rings is 1. The quantitative estimate of drug-likeness (QED) is 0.634. The SMILES string of the molecule is ClCCCCCNc1ncccc1Br. The lowest BCUT2D eigenvalue weighted by Gasteiger charge is -2.06. The first kappa shape index (κ1) is 11.8. The molecule has 0 bridgehead atoms. The van der Waals surface area contributed by atoms with Crippen molar-refractivity contribution in [3.05, 3.63) is 22.8 Å². The molecule has 0 spiro atoms. The van der Waals surface area contributed by atoms with Crippen molar-refractivity contribution in [2.75, 3.05) is 17.7 Å². The summed E-state index contributed by atoms with van der Waals surface area (Å²) in [5.74, 6) is 1.67. The lowest BCUT2D eigenvalue weighted by molar-refractivity contribution is 0.745. The minimum atomic E-state index is 0.757. The van der Waals surface area contributed by atoms with Crippen LogP contribution in [0.3, 0.4) is 0 Å². The Morgan fingerprint density at radius 3 is 2.93 bits per heavy atom. The van der Waals surface area contributed by atoms with Crippen LogP contribution in [0.1, 0.15) is 19.3 Å². The third kappa shape index (κ3) is 4.29. The fraction of sp³-hybridized carbons (Fsp3) is 0.500. The third-order valence-corrected chi connectivity index (χ3v) is 2.77. The van der Waals surface area contributed by atoms with Crippen molar-refractivity contribution < 1.29 is 0 Å². The van der Waals surface area contributed by atoms with Gasteiger partial charge in [-0.3, -0.25) is 0 Å². The van der Waals surface area contributed by atoms with Crippen LogP contribution in [-0.4, -0.2) is 17.4 Å². The molecule has 1 heterocycles.